The maximum Gasteiger partial charge on any atom is 0.311 e. The highest BCUT2D eigenvalue weighted by Crippen LogP contribution is 2.22. The molecule has 1 aromatic heterocycles. The summed E-state index contributed by atoms with van der Waals surface area (Å²) in [5.74, 6) is 1.31. The number of unbranched alkanes of at least 4 members (excludes halogenated alkanes) is 3. The number of aromatic nitrogens is 1. The number of hydrogen-bond acceptors (Lipinski definition) is 5. The summed E-state index contributed by atoms with van der Waals surface area (Å²) in [7, 11) is 0. The van der Waals surface area contributed by atoms with E-state index in [2.05, 4.69) is 24.1 Å². The van der Waals surface area contributed by atoms with Crippen molar-refractivity contribution < 1.29 is 4.92 Å². The first kappa shape index (κ1) is 16.2. The van der Waals surface area contributed by atoms with Gasteiger partial charge in [0, 0.05) is 12.6 Å². The molecule has 0 spiro atoms. The van der Waals surface area contributed by atoms with E-state index in [1.807, 2.05) is 0 Å². The van der Waals surface area contributed by atoms with Crippen LogP contribution in [0.15, 0.2) is 12.1 Å². The molecule has 0 atom stereocenters. The molecule has 1 heterocycles. The molecule has 3 N–H and O–H groups in total. The minimum Gasteiger partial charge on any atom is -0.384 e. The first-order chi connectivity index (χ1) is 9.50. The SMILES string of the molecule is CC(C)CCCCCCNc1nc(N)ccc1[N+](=O)[O-]. The average molecular weight is 280 g/mol. The minimum atomic E-state index is -0.447. The molecule has 0 aliphatic rings. The predicted octanol–water partition coefficient (Wildman–Crippen LogP) is 3.59. The molecule has 0 aromatic carbocycles. The van der Waals surface area contributed by atoms with Crippen LogP contribution in [0.5, 0.6) is 0 Å². The van der Waals surface area contributed by atoms with E-state index in [1.54, 1.807) is 0 Å². The minimum absolute atomic E-state index is 0.0287. The van der Waals surface area contributed by atoms with Gasteiger partial charge in [0.25, 0.3) is 0 Å². The van der Waals surface area contributed by atoms with Crippen molar-refractivity contribution in [3.63, 3.8) is 0 Å². The summed E-state index contributed by atoms with van der Waals surface area (Å²) in [6, 6.07) is 2.82. The summed E-state index contributed by atoms with van der Waals surface area (Å²) in [5.41, 5.74) is 5.52. The molecule has 0 saturated carbocycles. The molecule has 0 bridgehead atoms. The number of nitrogen functional groups attached to an aromatic ring is 1. The van der Waals surface area contributed by atoms with Crippen LogP contribution in [0.1, 0.15) is 46.0 Å². The van der Waals surface area contributed by atoms with E-state index in [4.69, 9.17) is 5.73 Å². The largest absolute Gasteiger partial charge is 0.384 e. The molecular formula is C14H24N4O2. The quantitative estimate of drug-likeness (QED) is 0.409. The van der Waals surface area contributed by atoms with Crippen molar-refractivity contribution in [3.05, 3.63) is 22.2 Å². The van der Waals surface area contributed by atoms with Crippen molar-refractivity contribution in [2.75, 3.05) is 17.6 Å². The predicted molar refractivity (Wildman–Crippen MR) is 81.7 cm³/mol. The number of rotatable bonds is 9. The molecule has 0 aliphatic carbocycles. The van der Waals surface area contributed by atoms with Gasteiger partial charge in [0.15, 0.2) is 0 Å². The fourth-order valence-electron chi connectivity index (χ4n) is 1.98. The summed E-state index contributed by atoms with van der Waals surface area (Å²) < 4.78 is 0. The van der Waals surface area contributed by atoms with E-state index >= 15 is 0 Å². The van der Waals surface area contributed by atoms with Gasteiger partial charge in [0.1, 0.15) is 5.82 Å². The maximum atomic E-state index is 10.9. The Bertz CT molecular complexity index is 435. The molecule has 0 amide bonds. The van der Waals surface area contributed by atoms with Crippen LogP contribution in [0.3, 0.4) is 0 Å². The van der Waals surface area contributed by atoms with Crippen molar-refractivity contribution in [3.8, 4) is 0 Å². The summed E-state index contributed by atoms with van der Waals surface area (Å²) in [6.45, 7) is 5.14. The highest BCUT2D eigenvalue weighted by molar-refractivity contribution is 5.59. The van der Waals surface area contributed by atoms with Gasteiger partial charge in [-0.25, -0.2) is 4.98 Å². The lowest BCUT2D eigenvalue weighted by Crippen LogP contribution is -2.07. The Morgan fingerprint density at radius 1 is 1.30 bits per heavy atom. The van der Waals surface area contributed by atoms with Crippen LogP contribution in [0, 0.1) is 16.0 Å². The maximum absolute atomic E-state index is 10.9. The zero-order chi connectivity index (χ0) is 15.0. The first-order valence-electron chi connectivity index (χ1n) is 7.15. The summed E-state index contributed by atoms with van der Waals surface area (Å²) in [6.07, 6.45) is 5.80. The molecule has 112 valence electrons. The molecular weight excluding hydrogens is 256 g/mol. The number of anilines is 2. The molecule has 0 saturated heterocycles. The first-order valence-corrected chi connectivity index (χ1v) is 7.15. The Morgan fingerprint density at radius 3 is 2.65 bits per heavy atom. The molecule has 6 heteroatoms. The van der Waals surface area contributed by atoms with Gasteiger partial charge in [0.2, 0.25) is 5.82 Å². The summed E-state index contributed by atoms with van der Waals surface area (Å²) in [4.78, 5) is 14.4. The second kappa shape index (κ2) is 8.35. The number of nitrogens with zero attached hydrogens (tertiary/aromatic N) is 2. The Hall–Kier alpha value is -1.85. The second-order valence-corrected chi connectivity index (χ2v) is 5.38. The third kappa shape index (κ3) is 5.86. The van der Waals surface area contributed by atoms with E-state index in [-0.39, 0.29) is 17.3 Å². The van der Waals surface area contributed by atoms with Crippen LogP contribution >= 0.6 is 0 Å². The zero-order valence-electron chi connectivity index (χ0n) is 12.3. The van der Waals surface area contributed by atoms with E-state index in [0.717, 1.165) is 18.8 Å². The number of hydrogen-bond donors (Lipinski definition) is 2. The van der Waals surface area contributed by atoms with Gasteiger partial charge in [-0.1, -0.05) is 39.5 Å². The molecule has 6 nitrogen and oxygen atoms in total. The van der Waals surface area contributed by atoms with Gasteiger partial charge in [-0.2, -0.15) is 0 Å². The van der Waals surface area contributed by atoms with Gasteiger partial charge in [-0.15, -0.1) is 0 Å². The standard InChI is InChI=1S/C14H24N4O2/c1-11(2)7-5-3-4-6-10-16-14-12(18(19)20)8-9-13(15)17-14/h8-9,11H,3-7,10H2,1-2H3,(H3,15,16,17). The van der Waals surface area contributed by atoms with Gasteiger partial charge >= 0.3 is 5.69 Å². The Balaban J connectivity index is 2.31. The number of nitrogens with two attached hydrogens (primary N) is 1. The van der Waals surface area contributed by atoms with Crippen LogP contribution in [0.25, 0.3) is 0 Å². The lowest BCUT2D eigenvalue weighted by atomic mass is 10.0. The van der Waals surface area contributed by atoms with E-state index in [9.17, 15) is 10.1 Å². The third-order valence-electron chi connectivity index (χ3n) is 3.09. The van der Waals surface area contributed by atoms with Crippen LogP contribution in [0.2, 0.25) is 0 Å². The highest BCUT2D eigenvalue weighted by atomic mass is 16.6. The molecule has 1 aromatic rings. The van der Waals surface area contributed by atoms with Gasteiger partial charge in [0.05, 0.1) is 4.92 Å². The summed E-state index contributed by atoms with van der Waals surface area (Å²) >= 11 is 0. The van der Waals surface area contributed by atoms with Crippen LogP contribution in [-0.2, 0) is 0 Å². The number of pyridine rings is 1. The number of nitrogens with one attached hydrogen (secondary N) is 1. The number of nitro groups is 1. The summed E-state index contributed by atoms with van der Waals surface area (Å²) in [5, 5.41) is 13.9. The lowest BCUT2D eigenvalue weighted by molar-refractivity contribution is -0.384. The Morgan fingerprint density at radius 2 is 2.00 bits per heavy atom. The molecule has 0 fully saturated rings. The second-order valence-electron chi connectivity index (χ2n) is 5.38. The van der Waals surface area contributed by atoms with Gasteiger partial charge in [-0.3, -0.25) is 10.1 Å². The fourth-order valence-corrected chi connectivity index (χ4v) is 1.98. The fraction of sp³-hybridized carbons (Fsp3) is 0.643. The highest BCUT2D eigenvalue weighted by Gasteiger charge is 2.14. The normalized spacial score (nSPS) is 10.8. The zero-order valence-corrected chi connectivity index (χ0v) is 12.3. The average Bonchev–Trinajstić information content (AvgIpc) is 2.37. The monoisotopic (exact) mass is 280 g/mol. The topological polar surface area (TPSA) is 94.1 Å². The molecule has 0 unspecified atom stereocenters. The van der Waals surface area contributed by atoms with Crippen molar-refractivity contribution in [2.24, 2.45) is 5.92 Å². The van der Waals surface area contributed by atoms with Crippen molar-refractivity contribution in [2.45, 2.75) is 46.0 Å². The van der Waals surface area contributed by atoms with E-state index in [1.165, 1.54) is 31.4 Å². The van der Waals surface area contributed by atoms with Crippen LogP contribution < -0.4 is 11.1 Å². The molecule has 1 rings (SSSR count). The molecule has 20 heavy (non-hydrogen) atoms. The molecule has 0 radical (unpaired) electrons. The third-order valence-corrected chi connectivity index (χ3v) is 3.09. The van der Waals surface area contributed by atoms with E-state index in [0.29, 0.717) is 6.54 Å². The van der Waals surface area contributed by atoms with Gasteiger partial charge in [-0.05, 0) is 18.4 Å². The van der Waals surface area contributed by atoms with Crippen molar-refractivity contribution in [1.82, 2.24) is 4.98 Å². The smallest absolute Gasteiger partial charge is 0.311 e. The lowest BCUT2D eigenvalue weighted by Gasteiger charge is -2.07. The Labute approximate surface area is 119 Å². The van der Waals surface area contributed by atoms with Crippen LogP contribution in [0.4, 0.5) is 17.3 Å². The van der Waals surface area contributed by atoms with E-state index < -0.39 is 4.92 Å². The molecule has 0 aliphatic heterocycles. The Kier molecular flexibility index (Phi) is 6.76. The van der Waals surface area contributed by atoms with Crippen LogP contribution in [-0.4, -0.2) is 16.5 Å². The van der Waals surface area contributed by atoms with Gasteiger partial charge < -0.3 is 11.1 Å². The van der Waals surface area contributed by atoms with Crippen molar-refractivity contribution in [1.29, 1.82) is 0 Å². The van der Waals surface area contributed by atoms with Crippen molar-refractivity contribution >= 4 is 17.3 Å².